The Labute approximate surface area is 230 Å². The van der Waals surface area contributed by atoms with E-state index >= 15 is 0 Å². The van der Waals surface area contributed by atoms with Gasteiger partial charge in [-0.05, 0) is 74.3 Å². The van der Waals surface area contributed by atoms with Gasteiger partial charge in [0.1, 0.15) is 6.10 Å². The number of hydrogen-bond donors (Lipinski definition) is 1. The lowest BCUT2D eigenvalue weighted by Gasteiger charge is -2.60. The number of hydrogen-bond acceptors (Lipinski definition) is 6. The van der Waals surface area contributed by atoms with Crippen LogP contribution < -0.4 is 9.47 Å². The van der Waals surface area contributed by atoms with Crippen molar-refractivity contribution in [1.29, 1.82) is 0 Å². The highest BCUT2D eigenvalue weighted by Gasteiger charge is 2.67. The van der Waals surface area contributed by atoms with Crippen molar-refractivity contribution in [2.75, 3.05) is 26.7 Å². The molecule has 1 amide bonds. The van der Waals surface area contributed by atoms with Crippen molar-refractivity contribution in [3.8, 4) is 11.5 Å². The van der Waals surface area contributed by atoms with Crippen LogP contribution >= 0.6 is 0 Å². The molecule has 1 saturated heterocycles. The summed E-state index contributed by atoms with van der Waals surface area (Å²) in [5.74, 6) is 2.97. The fourth-order valence-electron chi connectivity index (χ4n) is 8.44. The third kappa shape index (κ3) is 3.95. The number of methoxy groups -OCH3 is 1. The van der Waals surface area contributed by atoms with Crippen molar-refractivity contribution in [1.82, 2.24) is 9.80 Å². The minimum absolute atomic E-state index is 0.00865. The van der Waals surface area contributed by atoms with Gasteiger partial charge in [-0.1, -0.05) is 19.9 Å². The fraction of sp³-hybridized carbons (Fsp3) is 0.594. The highest BCUT2D eigenvalue weighted by molar-refractivity contribution is 5.92. The number of likely N-dealkylation sites (tertiary alicyclic amines) is 1. The Bertz CT molecular complexity index is 1270. The lowest BCUT2D eigenvalue weighted by atomic mass is 9.51. The van der Waals surface area contributed by atoms with E-state index in [-0.39, 0.29) is 29.6 Å². The zero-order valence-electron chi connectivity index (χ0n) is 23.2. The molecular weight excluding hydrogens is 492 g/mol. The van der Waals surface area contributed by atoms with E-state index in [9.17, 15) is 9.90 Å². The molecule has 3 fully saturated rings. The monoisotopic (exact) mass is 532 g/mol. The average Bonchev–Trinajstić information content (AvgIpc) is 3.28. The number of carbonyl (C=O) groups is 1. The molecule has 208 valence electrons. The molecule has 2 bridgehead atoms. The van der Waals surface area contributed by atoms with E-state index in [4.69, 9.17) is 13.9 Å². The molecule has 1 aromatic heterocycles. The van der Waals surface area contributed by atoms with E-state index in [0.29, 0.717) is 30.3 Å². The number of nitrogens with zero attached hydrogens (tertiary/aromatic N) is 2. The summed E-state index contributed by atoms with van der Waals surface area (Å²) >= 11 is 0. The van der Waals surface area contributed by atoms with Crippen LogP contribution in [0.3, 0.4) is 0 Å². The number of amides is 1. The first-order chi connectivity index (χ1) is 18.9. The Kier molecular flexibility index (Phi) is 6.08. The normalized spacial score (nSPS) is 34.2. The predicted molar refractivity (Wildman–Crippen MR) is 148 cm³/mol. The van der Waals surface area contributed by atoms with Gasteiger partial charge in [-0.25, -0.2) is 0 Å². The van der Waals surface area contributed by atoms with Crippen LogP contribution in [0.15, 0.2) is 41.2 Å². The molecule has 2 aliphatic heterocycles. The van der Waals surface area contributed by atoms with Crippen LogP contribution in [0.25, 0.3) is 6.08 Å². The molecule has 7 atom stereocenters. The summed E-state index contributed by atoms with van der Waals surface area (Å²) in [5.41, 5.74) is 3.50. The maximum absolute atomic E-state index is 13.8. The zero-order chi connectivity index (χ0) is 26.9. The molecule has 1 spiro atoms. The van der Waals surface area contributed by atoms with Crippen LogP contribution in [0.5, 0.6) is 11.5 Å². The van der Waals surface area contributed by atoms with Gasteiger partial charge in [0.05, 0.1) is 31.8 Å². The number of furan rings is 1. The Morgan fingerprint density at radius 2 is 2.15 bits per heavy atom. The summed E-state index contributed by atoms with van der Waals surface area (Å²) in [5, 5.41) is 10.1. The summed E-state index contributed by atoms with van der Waals surface area (Å²) in [6.45, 7) is 7.04. The third-order valence-corrected chi connectivity index (χ3v) is 10.2. The molecule has 3 heterocycles. The molecule has 1 aromatic carbocycles. The summed E-state index contributed by atoms with van der Waals surface area (Å²) in [6.07, 6.45) is 11.6. The highest BCUT2D eigenvalue weighted by atomic mass is 16.5. The van der Waals surface area contributed by atoms with E-state index in [1.165, 1.54) is 11.1 Å². The minimum Gasteiger partial charge on any atom is -0.493 e. The molecule has 2 unspecified atom stereocenters. The maximum Gasteiger partial charge on any atom is 0.246 e. The van der Waals surface area contributed by atoms with Gasteiger partial charge in [0.15, 0.2) is 11.5 Å². The van der Waals surface area contributed by atoms with E-state index < -0.39 is 0 Å². The summed E-state index contributed by atoms with van der Waals surface area (Å²) in [7, 11) is 1.72. The largest absolute Gasteiger partial charge is 0.493 e. The lowest BCUT2D eigenvalue weighted by molar-refractivity contribution is -0.138. The van der Waals surface area contributed by atoms with E-state index in [1.807, 2.05) is 12.1 Å². The first-order valence-electron chi connectivity index (χ1n) is 14.7. The molecule has 2 aromatic rings. The molecule has 7 heteroatoms. The number of carbonyl (C=O) groups excluding carboxylic acids is 1. The summed E-state index contributed by atoms with van der Waals surface area (Å²) in [6, 6.07) is 6.61. The fourth-order valence-corrected chi connectivity index (χ4v) is 8.44. The smallest absolute Gasteiger partial charge is 0.246 e. The van der Waals surface area contributed by atoms with Gasteiger partial charge < -0.3 is 23.9 Å². The Morgan fingerprint density at radius 1 is 1.31 bits per heavy atom. The van der Waals surface area contributed by atoms with Crippen LogP contribution in [0.1, 0.15) is 56.2 Å². The van der Waals surface area contributed by atoms with Crippen molar-refractivity contribution < 1.29 is 23.8 Å². The first kappa shape index (κ1) is 25.2. The molecule has 3 aliphatic carbocycles. The zero-order valence-corrected chi connectivity index (χ0v) is 23.2. The van der Waals surface area contributed by atoms with Gasteiger partial charge >= 0.3 is 0 Å². The second kappa shape index (κ2) is 9.41. The van der Waals surface area contributed by atoms with Crippen LogP contribution in [-0.2, 0) is 16.6 Å². The molecule has 1 N–H and O–H groups in total. The van der Waals surface area contributed by atoms with E-state index in [2.05, 4.69) is 35.8 Å². The topological polar surface area (TPSA) is 75.4 Å². The van der Waals surface area contributed by atoms with Gasteiger partial charge in [0.25, 0.3) is 0 Å². The number of ether oxygens (including phenoxy) is 2. The Hall–Kier alpha value is -2.77. The number of piperidine rings is 1. The number of aliphatic hydroxyl groups excluding tert-OH is 1. The Morgan fingerprint density at radius 3 is 2.87 bits per heavy atom. The number of benzene rings is 1. The number of rotatable bonds is 8. The van der Waals surface area contributed by atoms with Crippen LogP contribution in [0.2, 0.25) is 0 Å². The SMILES string of the molecule is COc1ccc2c3c1O[C@H]1[C@@H](N(CC(C)C)C(=O)C=Cc4ccoc4)CC[C@H]4[C@@H](C2)N(CC2CC2O)CC[C@@]341. The Balaban J connectivity index is 1.27. The van der Waals surface area contributed by atoms with Crippen LogP contribution in [0.4, 0.5) is 0 Å². The van der Waals surface area contributed by atoms with Crippen molar-refractivity contribution in [2.45, 2.75) is 75.7 Å². The molecular formula is C32H40N2O5. The van der Waals surface area contributed by atoms with Crippen molar-refractivity contribution in [3.63, 3.8) is 0 Å². The second-order valence-electron chi connectivity index (χ2n) is 12.8. The van der Waals surface area contributed by atoms with Gasteiger partial charge in [-0.3, -0.25) is 9.69 Å². The van der Waals surface area contributed by atoms with E-state index in [0.717, 1.165) is 62.3 Å². The number of aliphatic hydroxyl groups is 1. The van der Waals surface area contributed by atoms with Crippen LogP contribution in [-0.4, -0.2) is 71.8 Å². The molecule has 0 radical (unpaired) electrons. The molecule has 39 heavy (non-hydrogen) atoms. The van der Waals surface area contributed by atoms with Crippen molar-refractivity contribution >= 4 is 12.0 Å². The second-order valence-corrected chi connectivity index (χ2v) is 12.8. The molecule has 7 nitrogen and oxygen atoms in total. The molecule has 5 aliphatic rings. The third-order valence-electron chi connectivity index (χ3n) is 10.2. The quantitative estimate of drug-likeness (QED) is 0.512. The first-order valence-corrected chi connectivity index (χ1v) is 14.7. The van der Waals surface area contributed by atoms with Crippen molar-refractivity contribution in [2.24, 2.45) is 17.8 Å². The highest BCUT2D eigenvalue weighted by Crippen LogP contribution is 2.64. The lowest BCUT2D eigenvalue weighted by Crippen LogP contribution is -2.69. The molecule has 7 rings (SSSR count). The summed E-state index contributed by atoms with van der Waals surface area (Å²) in [4.78, 5) is 18.6. The maximum atomic E-state index is 13.8. The van der Waals surface area contributed by atoms with Crippen molar-refractivity contribution in [3.05, 3.63) is 53.5 Å². The minimum atomic E-state index is -0.128. The standard InChI is InChI=1S/C32H40N2O5/c1-19(2)16-34(28(36)9-4-20-10-13-38-18-20)24-7-6-23-25-14-21-5-8-27(37-3)30-29(21)32(23,31(24)39-30)11-12-33(25)17-22-15-26(22)35/h4-5,8-10,13,18-19,22-26,31,35H,6-7,11-12,14-17H2,1-3H3/t22?,23-,24-,25+,26?,31-,32-/m0/s1. The van der Waals surface area contributed by atoms with Gasteiger partial charge in [-0.2, -0.15) is 0 Å². The summed E-state index contributed by atoms with van der Waals surface area (Å²) < 4.78 is 18.0. The predicted octanol–water partition coefficient (Wildman–Crippen LogP) is 4.27. The molecule has 2 saturated carbocycles. The average molecular weight is 533 g/mol. The van der Waals surface area contributed by atoms with Crippen LogP contribution in [0, 0.1) is 17.8 Å². The van der Waals surface area contributed by atoms with E-state index in [1.54, 1.807) is 25.7 Å². The van der Waals surface area contributed by atoms with Gasteiger partial charge in [0, 0.05) is 47.7 Å². The van der Waals surface area contributed by atoms with Gasteiger partial charge in [-0.15, -0.1) is 0 Å². The van der Waals surface area contributed by atoms with Gasteiger partial charge in [0.2, 0.25) is 5.91 Å².